The first-order valence-electron chi connectivity index (χ1n) is 11.7. The fourth-order valence-electron chi connectivity index (χ4n) is 4.74. The van der Waals surface area contributed by atoms with E-state index in [1.807, 2.05) is 0 Å². The van der Waals surface area contributed by atoms with Crippen LogP contribution in [-0.4, -0.2) is 42.7 Å². The molecule has 0 saturated heterocycles. The first-order valence-corrected chi connectivity index (χ1v) is 12.5. The highest BCUT2D eigenvalue weighted by Crippen LogP contribution is 2.30. The number of benzene rings is 1. The Hall–Kier alpha value is -2.25. The number of amides is 2. The van der Waals surface area contributed by atoms with Crippen LogP contribution in [0.4, 0.5) is 22.2 Å². The zero-order valence-corrected chi connectivity index (χ0v) is 20.8. The number of carbonyl (C=O) groups excluding carboxylic acids is 1. The molecule has 0 aliphatic heterocycles. The van der Waals surface area contributed by atoms with E-state index in [1.54, 1.807) is 18.2 Å². The minimum Gasteiger partial charge on any atom is -0.362 e. The van der Waals surface area contributed by atoms with E-state index in [9.17, 15) is 4.79 Å². The second kappa shape index (κ2) is 10.8. The molecule has 9 heteroatoms. The highest BCUT2D eigenvalue weighted by molar-refractivity contribution is 6.35. The second-order valence-electron chi connectivity index (χ2n) is 9.25. The average molecular weight is 491 g/mol. The monoisotopic (exact) mass is 490 g/mol. The summed E-state index contributed by atoms with van der Waals surface area (Å²) in [7, 11) is 4.10. The molecule has 178 valence electrons. The molecule has 1 aromatic heterocycles. The van der Waals surface area contributed by atoms with E-state index < -0.39 is 0 Å². The quantitative estimate of drug-likeness (QED) is 0.496. The standard InChI is InChI=1S/C24H32Cl2N6O/c1-32(2)22-20-5-3-4-6-21(20)30-23(31-22)28-18-9-7-15(8-10-18)14-27-24(33)29-19-12-16(25)11-17(26)13-19/h11-13,15,18H,3-10,14H2,1-2H3,(H2,27,29,33)(H,28,30,31). The summed E-state index contributed by atoms with van der Waals surface area (Å²) in [4.78, 5) is 24.0. The van der Waals surface area contributed by atoms with Gasteiger partial charge in [0.2, 0.25) is 5.95 Å². The van der Waals surface area contributed by atoms with Crippen LogP contribution in [-0.2, 0) is 12.8 Å². The topological polar surface area (TPSA) is 82.2 Å². The Morgan fingerprint density at radius 3 is 2.42 bits per heavy atom. The largest absolute Gasteiger partial charge is 0.362 e. The molecule has 2 aliphatic carbocycles. The van der Waals surface area contributed by atoms with E-state index in [0.717, 1.165) is 50.3 Å². The van der Waals surface area contributed by atoms with Crippen molar-refractivity contribution >= 4 is 46.7 Å². The summed E-state index contributed by atoms with van der Waals surface area (Å²) in [5.41, 5.74) is 3.09. The van der Waals surface area contributed by atoms with Crippen molar-refractivity contribution in [3.63, 3.8) is 0 Å². The van der Waals surface area contributed by atoms with Crippen LogP contribution in [0.25, 0.3) is 0 Å². The van der Waals surface area contributed by atoms with E-state index in [2.05, 4.69) is 34.9 Å². The summed E-state index contributed by atoms with van der Waals surface area (Å²) in [5.74, 6) is 2.26. The van der Waals surface area contributed by atoms with Gasteiger partial charge in [-0.1, -0.05) is 23.2 Å². The number of anilines is 3. The van der Waals surface area contributed by atoms with Crippen molar-refractivity contribution in [1.29, 1.82) is 0 Å². The third kappa shape index (κ3) is 6.42. The third-order valence-corrected chi connectivity index (χ3v) is 6.87. The van der Waals surface area contributed by atoms with Crippen LogP contribution in [0.1, 0.15) is 49.8 Å². The number of nitrogens with zero attached hydrogens (tertiary/aromatic N) is 3. The predicted octanol–water partition coefficient (Wildman–Crippen LogP) is 5.52. The second-order valence-corrected chi connectivity index (χ2v) is 10.1. The number of urea groups is 1. The maximum Gasteiger partial charge on any atom is 0.319 e. The van der Waals surface area contributed by atoms with Gasteiger partial charge in [-0.2, -0.15) is 4.98 Å². The summed E-state index contributed by atoms with van der Waals surface area (Å²) >= 11 is 12.0. The number of hydrogen-bond acceptors (Lipinski definition) is 5. The van der Waals surface area contributed by atoms with Gasteiger partial charge in [0.25, 0.3) is 0 Å². The van der Waals surface area contributed by atoms with Gasteiger partial charge in [-0.15, -0.1) is 0 Å². The maximum absolute atomic E-state index is 12.2. The van der Waals surface area contributed by atoms with Gasteiger partial charge in [0.05, 0.1) is 5.69 Å². The SMILES string of the molecule is CN(C)c1nc(NC2CCC(CNC(=O)Nc3cc(Cl)cc(Cl)c3)CC2)nc2c1CCCC2. The number of fused-ring (bicyclic) bond motifs is 1. The highest BCUT2D eigenvalue weighted by Gasteiger charge is 2.24. The van der Waals surface area contributed by atoms with Gasteiger partial charge in [-0.3, -0.25) is 0 Å². The summed E-state index contributed by atoms with van der Waals surface area (Å²) in [5, 5.41) is 10.3. The van der Waals surface area contributed by atoms with Crippen molar-refractivity contribution in [1.82, 2.24) is 15.3 Å². The minimum atomic E-state index is -0.243. The molecule has 0 radical (unpaired) electrons. The molecule has 0 bridgehead atoms. The Balaban J connectivity index is 1.25. The lowest BCUT2D eigenvalue weighted by Gasteiger charge is -2.30. The highest BCUT2D eigenvalue weighted by atomic mass is 35.5. The zero-order chi connectivity index (χ0) is 23.4. The van der Waals surface area contributed by atoms with Gasteiger partial charge in [-0.25, -0.2) is 9.78 Å². The average Bonchev–Trinajstić information content (AvgIpc) is 2.77. The molecule has 1 aromatic carbocycles. The summed E-state index contributed by atoms with van der Waals surface area (Å²) < 4.78 is 0. The molecule has 4 rings (SSSR count). The molecule has 2 aromatic rings. The van der Waals surface area contributed by atoms with Crippen molar-refractivity contribution in [3.05, 3.63) is 39.5 Å². The molecule has 2 amide bonds. The van der Waals surface area contributed by atoms with Crippen LogP contribution in [0, 0.1) is 5.92 Å². The Kier molecular flexibility index (Phi) is 7.81. The normalized spacial score (nSPS) is 20.0. The molecule has 1 saturated carbocycles. The Morgan fingerprint density at radius 1 is 1.03 bits per heavy atom. The van der Waals surface area contributed by atoms with E-state index in [4.69, 9.17) is 33.2 Å². The van der Waals surface area contributed by atoms with E-state index >= 15 is 0 Å². The zero-order valence-electron chi connectivity index (χ0n) is 19.3. The van der Waals surface area contributed by atoms with Crippen LogP contribution >= 0.6 is 23.2 Å². The van der Waals surface area contributed by atoms with Gasteiger partial charge in [0.15, 0.2) is 0 Å². The number of aromatic nitrogens is 2. The van der Waals surface area contributed by atoms with Crippen LogP contribution in [0.5, 0.6) is 0 Å². The first kappa shape index (κ1) is 23.9. The molecule has 0 unspecified atom stereocenters. The fraction of sp³-hybridized carbons (Fsp3) is 0.542. The first-order chi connectivity index (χ1) is 15.9. The lowest BCUT2D eigenvalue weighted by molar-refractivity contribution is 0.246. The molecule has 1 fully saturated rings. The van der Waals surface area contributed by atoms with Crippen molar-refractivity contribution < 1.29 is 4.79 Å². The third-order valence-electron chi connectivity index (χ3n) is 6.44. The number of aryl methyl sites for hydroxylation is 1. The van der Waals surface area contributed by atoms with Crippen molar-refractivity contribution in [2.75, 3.05) is 36.2 Å². The number of hydrogen-bond donors (Lipinski definition) is 3. The van der Waals surface area contributed by atoms with Gasteiger partial charge in [-0.05, 0) is 75.5 Å². The van der Waals surface area contributed by atoms with Crippen molar-refractivity contribution in [3.8, 4) is 0 Å². The fourth-order valence-corrected chi connectivity index (χ4v) is 5.27. The number of halogens is 2. The molecule has 3 N–H and O–H groups in total. The van der Waals surface area contributed by atoms with Gasteiger partial charge < -0.3 is 20.9 Å². The van der Waals surface area contributed by atoms with Crippen LogP contribution in [0.3, 0.4) is 0 Å². The predicted molar refractivity (Wildman–Crippen MR) is 136 cm³/mol. The Morgan fingerprint density at radius 2 is 1.73 bits per heavy atom. The maximum atomic E-state index is 12.2. The molecule has 0 atom stereocenters. The van der Waals surface area contributed by atoms with E-state index in [-0.39, 0.29) is 6.03 Å². The summed E-state index contributed by atoms with van der Waals surface area (Å²) in [6.45, 7) is 0.646. The van der Waals surface area contributed by atoms with Gasteiger partial charge >= 0.3 is 6.03 Å². The summed E-state index contributed by atoms with van der Waals surface area (Å²) in [6, 6.07) is 5.10. The number of carbonyl (C=O) groups is 1. The number of nitrogens with one attached hydrogen (secondary N) is 3. The molecule has 7 nitrogen and oxygen atoms in total. The van der Waals surface area contributed by atoms with Crippen LogP contribution in [0.2, 0.25) is 10.0 Å². The number of rotatable bonds is 6. The Bertz CT molecular complexity index is 971. The molecular weight excluding hydrogens is 459 g/mol. The molecule has 0 spiro atoms. The van der Waals surface area contributed by atoms with Crippen molar-refractivity contribution in [2.24, 2.45) is 5.92 Å². The molecular formula is C24H32Cl2N6O. The van der Waals surface area contributed by atoms with E-state index in [1.165, 1.54) is 24.1 Å². The lowest BCUT2D eigenvalue weighted by atomic mass is 9.86. The van der Waals surface area contributed by atoms with Crippen molar-refractivity contribution in [2.45, 2.75) is 57.4 Å². The van der Waals surface area contributed by atoms with Crippen LogP contribution < -0.4 is 20.9 Å². The van der Waals surface area contributed by atoms with E-state index in [0.29, 0.717) is 34.2 Å². The summed E-state index contributed by atoms with van der Waals surface area (Å²) in [6.07, 6.45) is 8.69. The molecule has 33 heavy (non-hydrogen) atoms. The van der Waals surface area contributed by atoms with Gasteiger partial charge in [0, 0.05) is 48.0 Å². The van der Waals surface area contributed by atoms with Crippen LogP contribution in [0.15, 0.2) is 18.2 Å². The molecule has 2 aliphatic rings. The van der Waals surface area contributed by atoms with Gasteiger partial charge in [0.1, 0.15) is 5.82 Å². The lowest BCUT2D eigenvalue weighted by Crippen LogP contribution is -2.36. The minimum absolute atomic E-state index is 0.243. The Labute approximate surface area is 205 Å². The smallest absolute Gasteiger partial charge is 0.319 e. The molecule has 1 heterocycles.